The Morgan fingerprint density at radius 1 is 1.35 bits per heavy atom. The van der Waals surface area contributed by atoms with Crippen molar-refractivity contribution in [2.75, 3.05) is 6.54 Å². The minimum Gasteiger partial charge on any atom is -0.353 e. The lowest BCUT2D eigenvalue weighted by Crippen LogP contribution is -2.22. The van der Waals surface area contributed by atoms with Crippen LogP contribution in [-0.4, -0.2) is 17.4 Å². The topological polar surface area (TPSA) is 42.0 Å². The van der Waals surface area contributed by atoms with Crippen molar-refractivity contribution in [1.29, 1.82) is 0 Å². The Labute approximate surface area is 123 Å². The highest BCUT2D eigenvalue weighted by molar-refractivity contribution is 7.09. The van der Waals surface area contributed by atoms with Crippen molar-refractivity contribution in [2.45, 2.75) is 19.8 Å². The second-order valence-corrected chi connectivity index (χ2v) is 5.57. The summed E-state index contributed by atoms with van der Waals surface area (Å²) in [4.78, 5) is 15.9. The summed E-state index contributed by atoms with van der Waals surface area (Å²) in [7, 11) is 0. The number of aromatic nitrogens is 1. The Bertz CT molecular complexity index is 575. The predicted octanol–water partition coefficient (Wildman–Crippen LogP) is 3.21. The zero-order valence-corrected chi connectivity index (χ0v) is 12.3. The Kier molecular flexibility index (Phi) is 5.50. The lowest BCUT2D eigenvalue weighted by Gasteiger charge is -2.02. The largest absolute Gasteiger partial charge is 0.353 e. The fourth-order valence-corrected chi connectivity index (χ4v) is 2.41. The molecule has 1 aromatic carbocycles. The highest BCUT2D eigenvalue weighted by Gasteiger charge is 1.97. The summed E-state index contributed by atoms with van der Waals surface area (Å²) in [6.45, 7) is 2.64. The summed E-state index contributed by atoms with van der Waals surface area (Å²) in [6.07, 6.45) is 5.21. The maximum absolute atomic E-state index is 11.6. The molecule has 0 bridgehead atoms. The first kappa shape index (κ1) is 14.5. The van der Waals surface area contributed by atoms with Gasteiger partial charge < -0.3 is 5.32 Å². The van der Waals surface area contributed by atoms with Crippen LogP contribution in [0.1, 0.15) is 22.7 Å². The lowest BCUT2D eigenvalue weighted by atomic mass is 10.1. The Balaban J connectivity index is 1.66. The van der Waals surface area contributed by atoms with E-state index < -0.39 is 0 Å². The van der Waals surface area contributed by atoms with E-state index >= 15 is 0 Å². The van der Waals surface area contributed by atoms with Gasteiger partial charge in [0.25, 0.3) is 0 Å². The Hall–Kier alpha value is -1.94. The van der Waals surface area contributed by atoms with Crippen LogP contribution in [0.3, 0.4) is 0 Å². The average molecular weight is 286 g/mol. The Morgan fingerprint density at radius 2 is 2.15 bits per heavy atom. The molecule has 2 aromatic rings. The molecule has 104 valence electrons. The molecule has 0 fully saturated rings. The first-order valence-electron chi connectivity index (χ1n) is 6.66. The van der Waals surface area contributed by atoms with E-state index in [9.17, 15) is 4.79 Å². The number of benzene rings is 1. The van der Waals surface area contributed by atoms with Crippen LogP contribution in [0.15, 0.2) is 41.8 Å². The van der Waals surface area contributed by atoms with E-state index in [0.29, 0.717) is 6.54 Å². The van der Waals surface area contributed by atoms with Crippen LogP contribution < -0.4 is 5.32 Å². The molecule has 3 nitrogen and oxygen atoms in total. The summed E-state index contributed by atoms with van der Waals surface area (Å²) in [5, 5.41) is 5.83. The van der Waals surface area contributed by atoms with Crippen LogP contribution in [0.5, 0.6) is 0 Å². The maximum Gasteiger partial charge on any atom is 0.244 e. The van der Waals surface area contributed by atoms with E-state index in [1.807, 2.05) is 30.5 Å². The third kappa shape index (κ3) is 4.97. The maximum atomic E-state index is 11.6. The van der Waals surface area contributed by atoms with Gasteiger partial charge in [0.15, 0.2) is 0 Å². The fraction of sp³-hybridized carbons (Fsp3) is 0.250. The van der Waals surface area contributed by atoms with Crippen LogP contribution in [0.25, 0.3) is 6.08 Å². The SMILES string of the molecule is Cc1nc(/C=C/C(=O)NCCCc2ccccc2)cs1. The molecule has 1 heterocycles. The second kappa shape index (κ2) is 7.60. The van der Waals surface area contributed by atoms with Crippen LogP contribution in [0.4, 0.5) is 0 Å². The third-order valence-corrected chi connectivity index (χ3v) is 3.62. The second-order valence-electron chi connectivity index (χ2n) is 4.50. The third-order valence-electron chi connectivity index (χ3n) is 2.83. The van der Waals surface area contributed by atoms with Gasteiger partial charge in [-0.05, 0) is 31.4 Å². The van der Waals surface area contributed by atoms with Crippen molar-refractivity contribution in [3.63, 3.8) is 0 Å². The molecule has 0 aliphatic rings. The molecule has 0 atom stereocenters. The quantitative estimate of drug-likeness (QED) is 0.654. The number of thiazole rings is 1. The smallest absolute Gasteiger partial charge is 0.244 e. The number of hydrogen-bond acceptors (Lipinski definition) is 3. The summed E-state index contributed by atoms with van der Waals surface area (Å²) >= 11 is 1.58. The van der Waals surface area contributed by atoms with Crippen LogP contribution >= 0.6 is 11.3 Å². The highest BCUT2D eigenvalue weighted by Crippen LogP contribution is 2.08. The van der Waals surface area contributed by atoms with E-state index in [-0.39, 0.29) is 5.91 Å². The number of aryl methyl sites for hydroxylation is 2. The van der Waals surface area contributed by atoms with E-state index in [1.54, 1.807) is 17.4 Å². The fourth-order valence-electron chi connectivity index (χ4n) is 1.83. The first-order valence-corrected chi connectivity index (χ1v) is 7.54. The van der Waals surface area contributed by atoms with Gasteiger partial charge in [-0.1, -0.05) is 30.3 Å². The molecule has 2 rings (SSSR count). The van der Waals surface area contributed by atoms with Crippen molar-refractivity contribution in [2.24, 2.45) is 0 Å². The van der Waals surface area contributed by atoms with E-state index in [4.69, 9.17) is 0 Å². The molecular formula is C16H18N2OS. The van der Waals surface area contributed by atoms with E-state index in [2.05, 4.69) is 22.4 Å². The van der Waals surface area contributed by atoms with Gasteiger partial charge in [-0.15, -0.1) is 11.3 Å². The van der Waals surface area contributed by atoms with Crippen molar-refractivity contribution in [1.82, 2.24) is 10.3 Å². The molecule has 1 aromatic heterocycles. The van der Waals surface area contributed by atoms with Gasteiger partial charge in [-0.25, -0.2) is 4.98 Å². The predicted molar refractivity (Wildman–Crippen MR) is 83.7 cm³/mol. The molecule has 1 N–H and O–H groups in total. The molecule has 0 unspecified atom stereocenters. The highest BCUT2D eigenvalue weighted by atomic mass is 32.1. The summed E-state index contributed by atoms with van der Waals surface area (Å²) < 4.78 is 0. The normalized spacial score (nSPS) is 10.8. The van der Waals surface area contributed by atoms with E-state index in [0.717, 1.165) is 23.5 Å². The van der Waals surface area contributed by atoms with Gasteiger partial charge in [0.2, 0.25) is 5.91 Å². The molecule has 1 amide bonds. The van der Waals surface area contributed by atoms with Gasteiger partial charge in [0.05, 0.1) is 10.7 Å². The molecule has 0 aliphatic heterocycles. The summed E-state index contributed by atoms with van der Waals surface area (Å²) in [6, 6.07) is 10.3. The molecule has 0 saturated heterocycles. The van der Waals surface area contributed by atoms with Gasteiger partial charge in [-0.3, -0.25) is 4.79 Å². The molecule has 0 aliphatic carbocycles. The standard InChI is InChI=1S/C16H18N2OS/c1-13-18-15(12-20-13)9-10-16(19)17-11-5-8-14-6-3-2-4-7-14/h2-4,6-7,9-10,12H,5,8,11H2,1H3,(H,17,19)/b10-9+. The zero-order chi connectivity index (χ0) is 14.2. The molecule has 0 saturated carbocycles. The number of rotatable bonds is 6. The lowest BCUT2D eigenvalue weighted by molar-refractivity contribution is -0.116. The zero-order valence-electron chi connectivity index (χ0n) is 11.5. The van der Waals surface area contributed by atoms with Crippen LogP contribution in [0, 0.1) is 6.92 Å². The average Bonchev–Trinajstić information content (AvgIpc) is 2.88. The van der Waals surface area contributed by atoms with Crippen molar-refractivity contribution in [3.05, 3.63) is 58.1 Å². The van der Waals surface area contributed by atoms with E-state index in [1.165, 1.54) is 11.6 Å². The number of hydrogen-bond donors (Lipinski definition) is 1. The molecular weight excluding hydrogens is 268 g/mol. The van der Waals surface area contributed by atoms with Crippen LogP contribution in [-0.2, 0) is 11.2 Å². The number of amides is 1. The van der Waals surface area contributed by atoms with Crippen molar-refractivity contribution < 1.29 is 4.79 Å². The van der Waals surface area contributed by atoms with Gasteiger partial charge >= 0.3 is 0 Å². The summed E-state index contributed by atoms with van der Waals surface area (Å²) in [5.41, 5.74) is 2.14. The number of carbonyl (C=O) groups excluding carboxylic acids is 1. The summed E-state index contributed by atoms with van der Waals surface area (Å²) in [5.74, 6) is -0.0660. The van der Waals surface area contributed by atoms with Gasteiger partial charge in [0.1, 0.15) is 0 Å². The first-order chi connectivity index (χ1) is 9.74. The number of nitrogens with zero attached hydrogens (tertiary/aromatic N) is 1. The molecule has 0 spiro atoms. The minimum atomic E-state index is -0.0660. The molecule has 4 heteroatoms. The van der Waals surface area contributed by atoms with Crippen molar-refractivity contribution in [3.8, 4) is 0 Å². The van der Waals surface area contributed by atoms with Gasteiger partial charge in [0, 0.05) is 18.0 Å². The molecule has 20 heavy (non-hydrogen) atoms. The minimum absolute atomic E-state index is 0.0660. The monoisotopic (exact) mass is 286 g/mol. The Morgan fingerprint density at radius 3 is 2.85 bits per heavy atom. The van der Waals surface area contributed by atoms with Gasteiger partial charge in [-0.2, -0.15) is 0 Å². The molecule has 0 radical (unpaired) electrons. The van der Waals surface area contributed by atoms with Crippen LogP contribution in [0.2, 0.25) is 0 Å². The number of nitrogens with one attached hydrogen (secondary N) is 1. The number of carbonyl (C=O) groups is 1. The van der Waals surface area contributed by atoms with Crippen molar-refractivity contribution >= 4 is 23.3 Å².